The van der Waals surface area contributed by atoms with Crippen molar-refractivity contribution in [3.63, 3.8) is 0 Å². The van der Waals surface area contributed by atoms with E-state index in [1.54, 1.807) is 0 Å². The predicted molar refractivity (Wildman–Crippen MR) is 51.3 cm³/mol. The van der Waals surface area contributed by atoms with Gasteiger partial charge in [0.1, 0.15) is 0 Å². The number of nitrogens with zero attached hydrogens (tertiary/aromatic N) is 1. The van der Waals surface area contributed by atoms with Gasteiger partial charge in [0.2, 0.25) is 5.91 Å². The Labute approximate surface area is 77.0 Å². The Morgan fingerprint density at radius 2 is 2.09 bits per heavy atom. The molecular formula is C7H17BrN2O. The number of hydrazine groups is 1. The van der Waals surface area contributed by atoms with Gasteiger partial charge in [0, 0.05) is 6.54 Å². The summed E-state index contributed by atoms with van der Waals surface area (Å²) in [5.74, 6) is 5.73. The van der Waals surface area contributed by atoms with Crippen LogP contribution in [0.1, 0.15) is 21.3 Å². The second-order valence-electron chi connectivity index (χ2n) is 2.57. The van der Waals surface area contributed by atoms with E-state index in [9.17, 15) is 4.79 Å². The summed E-state index contributed by atoms with van der Waals surface area (Å²) in [7, 11) is 0. The number of carbonyl (C=O) groups is 1. The Bertz CT molecular complexity index is 117. The summed E-state index contributed by atoms with van der Waals surface area (Å²) >= 11 is 3.03. The molecule has 0 rings (SSSR count). The van der Waals surface area contributed by atoms with Gasteiger partial charge in [-0.1, -0.05) is 37.2 Å². The minimum atomic E-state index is -0.0753. The number of hydrogen-bond donors (Lipinski definition) is 1. The van der Waals surface area contributed by atoms with Crippen molar-refractivity contribution in [3.05, 3.63) is 0 Å². The summed E-state index contributed by atoms with van der Waals surface area (Å²) < 4.78 is 0. The van der Waals surface area contributed by atoms with Crippen molar-refractivity contribution in [3.8, 4) is 0 Å². The molecule has 1 amide bonds. The molecule has 0 aromatic carbocycles. The molecule has 0 saturated carbocycles. The maximum absolute atomic E-state index is 10.8. The Morgan fingerprint density at radius 1 is 1.64 bits per heavy atom. The van der Waals surface area contributed by atoms with E-state index >= 15 is 0 Å². The largest absolute Gasteiger partial charge is 0.280 e. The number of halogens is 1. The molecule has 11 heavy (non-hydrogen) atoms. The summed E-state index contributed by atoms with van der Waals surface area (Å²) in [6.07, 6.45) is 0. The van der Waals surface area contributed by atoms with Gasteiger partial charge in [-0.2, -0.15) is 0 Å². The molecule has 68 valence electrons. The van der Waals surface area contributed by atoms with Crippen molar-refractivity contribution in [1.82, 2.24) is 5.01 Å². The highest BCUT2D eigenvalue weighted by Crippen LogP contribution is 1.95. The second-order valence-corrected chi connectivity index (χ2v) is 3.13. The molecule has 0 aliphatic rings. The monoisotopic (exact) mass is 224 g/mol. The molecule has 0 aromatic rings. The van der Waals surface area contributed by atoms with Gasteiger partial charge in [0.15, 0.2) is 0 Å². The molecule has 0 bridgehead atoms. The number of alkyl halides is 1. The van der Waals surface area contributed by atoms with Crippen LogP contribution in [0.5, 0.6) is 0 Å². The maximum Gasteiger partial charge on any atom is 0.247 e. The minimum Gasteiger partial charge on any atom is -0.280 e. The van der Waals surface area contributed by atoms with Crippen LogP contribution < -0.4 is 5.84 Å². The molecule has 0 aliphatic heterocycles. The van der Waals surface area contributed by atoms with Crippen molar-refractivity contribution in [1.29, 1.82) is 0 Å². The molecule has 0 heterocycles. The van der Waals surface area contributed by atoms with E-state index in [0.717, 1.165) is 0 Å². The summed E-state index contributed by atoms with van der Waals surface area (Å²) in [4.78, 5) is 10.8. The van der Waals surface area contributed by atoms with E-state index in [2.05, 4.69) is 15.9 Å². The average Bonchev–Trinajstić information content (AvgIpc) is 1.85. The van der Waals surface area contributed by atoms with Gasteiger partial charge in [-0.25, -0.2) is 5.84 Å². The van der Waals surface area contributed by atoms with E-state index in [1.807, 2.05) is 13.8 Å². The third kappa shape index (κ3) is 6.31. The fourth-order valence-corrected chi connectivity index (χ4v) is 0.894. The van der Waals surface area contributed by atoms with Crippen LogP contribution in [0.25, 0.3) is 0 Å². The van der Waals surface area contributed by atoms with E-state index in [1.165, 1.54) is 5.01 Å². The van der Waals surface area contributed by atoms with E-state index < -0.39 is 0 Å². The quantitative estimate of drug-likeness (QED) is 0.341. The fourth-order valence-electron chi connectivity index (χ4n) is 0.572. The number of nitrogens with two attached hydrogens (primary N) is 1. The van der Waals surface area contributed by atoms with Gasteiger partial charge < -0.3 is 0 Å². The Kier molecular flexibility index (Phi) is 8.11. The van der Waals surface area contributed by atoms with Gasteiger partial charge in [-0.05, 0) is 5.92 Å². The Morgan fingerprint density at radius 3 is 2.36 bits per heavy atom. The lowest BCUT2D eigenvalue weighted by Crippen LogP contribution is -2.40. The normalized spacial score (nSPS) is 9.18. The summed E-state index contributed by atoms with van der Waals surface area (Å²) in [6.45, 7) is 4.65. The standard InChI is InChI=1S/C6H13BrN2O.CH4/c1-5(2)4-9(8)6(10)3-7;/h5H,3-4,8H2,1-2H3;1H4. The zero-order valence-electron chi connectivity index (χ0n) is 6.30. The lowest BCUT2D eigenvalue weighted by molar-refractivity contribution is -0.129. The number of rotatable bonds is 3. The topological polar surface area (TPSA) is 46.3 Å². The van der Waals surface area contributed by atoms with Crippen LogP contribution in [0.3, 0.4) is 0 Å². The SMILES string of the molecule is C.CC(C)CN(N)C(=O)CBr. The first kappa shape index (κ1) is 13.5. The molecule has 0 aliphatic carbocycles. The molecule has 0 spiro atoms. The van der Waals surface area contributed by atoms with Crippen LogP contribution in [0, 0.1) is 5.92 Å². The van der Waals surface area contributed by atoms with Gasteiger partial charge in [-0.3, -0.25) is 9.80 Å². The summed E-state index contributed by atoms with van der Waals surface area (Å²) in [5, 5.41) is 1.54. The van der Waals surface area contributed by atoms with Gasteiger partial charge >= 0.3 is 0 Å². The van der Waals surface area contributed by atoms with Crippen LogP contribution in [-0.4, -0.2) is 22.8 Å². The smallest absolute Gasteiger partial charge is 0.247 e. The molecule has 0 radical (unpaired) electrons. The van der Waals surface area contributed by atoms with Gasteiger partial charge in [-0.15, -0.1) is 0 Å². The molecule has 3 nitrogen and oxygen atoms in total. The van der Waals surface area contributed by atoms with Crippen LogP contribution >= 0.6 is 15.9 Å². The zero-order valence-corrected chi connectivity index (χ0v) is 7.89. The molecular weight excluding hydrogens is 208 g/mol. The highest BCUT2D eigenvalue weighted by Gasteiger charge is 2.07. The van der Waals surface area contributed by atoms with E-state index in [0.29, 0.717) is 17.8 Å². The number of carbonyl (C=O) groups excluding carboxylic acids is 1. The highest BCUT2D eigenvalue weighted by molar-refractivity contribution is 9.09. The maximum atomic E-state index is 10.8. The van der Waals surface area contributed by atoms with Crippen molar-refractivity contribution in [2.24, 2.45) is 11.8 Å². The Hall–Kier alpha value is -0.0900. The van der Waals surface area contributed by atoms with Crippen molar-refractivity contribution in [2.45, 2.75) is 21.3 Å². The Balaban J connectivity index is 0. The molecule has 0 saturated heterocycles. The summed E-state index contributed by atoms with van der Waals surface area (Å²) in [6, 6.07) is 0. The third-order valence-corrected chi connectivity index (χ3v) is 1.48. The summed E-state index contributed by atoms with van der Waals surface area (Å²) in [5.41, 5.74) is 0. The highest BCUT2D eigenvalue weighted by atomic mass is 79.9. The first-order chi connectivity index (χ1) is 4.57. The van der Waals surface area contributed by atoms with Crippen molar-refractivity contribution in [2.75, 3.05) is 11.9 Å². The van der Waals surface area contributed by atoms with E-state index in [4.69, 9.17) is 5.84 Å². The lowest BCUT2D eigenvalue weighted by Gasteiger charge is -2.16. The number of hydrogen-bond acceptors (Lipinski definition) is 2. The molecule has 0 aromatic heterocycles. The van der Waals surface area contributed by atoms with Crippen LogP contribution in [0.2, 0.25) is 0 Å². The molecule has 0 fully saturated rings. The average molecular weight is 225 g/mol. The predicted octanol–water partition coefficient (Wildman–Crippen LogP) is 1.38. The first-order valence-electron chi connectivity index (χ1n) is 3.19. The van der Waals surface area contributed by atoms with Gasteiger partial charge in [0.25, 0.3) is 0 Å². The van der Waals surface area contributed by atoms with Crippen LogP contribution in [0.15, 0.2) is 0 Å². The third-order valence-electron chi connectivity index (χ3n) is 0.997. The molecule has 0 unspecified atom stereocenters. The first-order valence-corrected chi connectivity index (χ1v) is 4.31. The molecule has 4 heteroatoms. The lowest BCUT2D eigenvalue weighted by atomic mass is 10.2. The van der Waals surface area contributed by atoms with Crippen LogP contribution in [0.4, 0.5) is 0 Å². The fraction of sp³-hybridized carbons (Fsp3) is 0.857. The van der Waals surface area contributed by atoms with Crippen molar-refractivity contribution < 1.29 is 4.79 Å². The molecule has 2 N–H and O–H groups in total. The van der Waals surface area contributed by atoms with Crippen LogP contribution in [-0.2, 0) is 4.79 Å². The minimum absolute atomic E-state index is 0. The zero-order chi connectivity index (χ0) is 8.15. The number of amides is 1. The van der Waals surface area contributed by atoms with Crippen molar-refractivity contribution >= 4 is 21.8 Å². The van der Waals surface area contributed by atoms with E-state index in [-0.39, 0.29) is 13.3 Å². The van der Waals surface area contributed by atoms with Gasteiger partial charge in [0.05, 0.1) is 5.33 Å². The second kappa shape index (κ2) is 6.61. The molecule has 0 atom stereocenters.